The molecule has 0 bridgehead atoms. The van der Waals surface area contributed by atoms with E-state index in [4.69, 9.17) is 9.72 Å². The maximum absolute atomic E-state index is 6.76. The molecule has 4 heteroatoms. The van der Waals surface area contributed by atoms with Gasteiger partial charge in [0.15, 0.2) is 0 Å². The van der Waals surface area contributed by atoms with Crippen LogP contribution in [0.1, 0.15) is 22.3 Å². The van der Waals surface area contributed by atoms with Gasteiger partial charge in [-0.3, -0.25) is 0 Å². The lowest BCUT2D eigenvalue weighted by Crippen LogP contribution is -2.37. The van der Waals surface area contributed by atoms with Crippen molar-refractivity contribution in [3.05, 3.63) is 241 Å². The summed E-state index contributed by atoms with van der Waals surface area (Å²) < 4.78 is 11.8. The van der Waals surface area contributed by atoms with E-state index in [1.165, 1.54) is 75.5 Å². The summed E-state index contributed by atoms with van der Waals surface area (Å²) in [6, 6.07) is 79.6. The molecule has 14 rings (SSSR count). The molecule has 9 aromatic carbocycles. The molecule has 0 atom stereocenters. The van der Waals surface area contributed by atoms with Gasteiger partial charge in [0.25, 0.3) is 0 Å². The number of aromatic nitrogens is 2. The lowest BCUT2D eigenvalue weighted by atomic mass is 9.61. The van der Waals surface area contributed by atoms with Gasteiger partial charge < -0.3 is 9.30 Å². The van der Waals surface area contributed by atoms with Crippen LogP contribution in [0.5, 0.6) is 11.5 Å². The molecule has 0 N–H and O–H groups in total. The van der Waals surface area contributed by atoms with Gasteiger partial charge in [-0.15, -0.1) is 11.3 Å². The molecule has 0 radical (unpaired) electrons. The van der Waals surface area contributed by atoms with Gasteiger partial charge in [0, 0.05) is 53.2 Å². The molecule has 3 nitrogen and oxygen atoms in total. The third-order valence-electron chi connectivity index (χ3n) is 13.6. The first kappa shape index (κ1) is 35.5. The molecule has 2 aliphatic heterocycles. The van der Waals surface area contributed by atoms with Gasteiger partial charge in [-0.2, -0.15) is 0 Å². The van der Waals surface area contributed by atoms with E-state index >= 15 is 0 Å². The van der Waals surface area contributed by atoms with Gasteiger partial charge in [0.1, 0.15) is 11.5 Å². The van der Waals surface area contributed by atoms with Gasteiger partial charge in [-0.25, -0.2) is 4.98 Å². The summed E-state index contributed by atoms with van der Waals surface area (Å²) in [5, 5.41) is 5.04. The highest BCUT2D eigenvalue weighted by molar-refractivity contribution is 7.26. The molecule has 3 aromatic heterocycles. The van der Waals surface area contributed by atoms with Gasteiger partial charge in [-0.05, 0) is 94.0 Å². The number of ether oxygens (including phenoxy) is 1. The maximum Gasteiger partial charge on any atom is 0.132 e. The highest BCUT2D eigenvalue weighted by Gasteiger charge is 2.50. The van der Waals surface area contributed by atoms with Crippen LogP contribution in [0.2, 0.25) is 0 Å². The van der Waals surface area contributed by atoms with Crippen LogP contribution in [-0.2, 0) is 5.41 Å². The average Bonchev–Trinajstić information content (AvgIpc) is 3.92. The highest BCUT2D eigenvalue weighted by atomic mass is 32.1. The average molecular weight is 833 g/mol. The molecule has 0 aliphatic carbocycles. The Morgan fingerprint density at radius 2 is 1.02 bits per heavy atom. The largest absolute Gasteiger partial charge is 0.457 e. The number of fused-ring (bicyclic) bond motifs is 14. The SMILES string of the molecule is c1ccc(-c2cc(-c3cccc4sc5ccc(-c6ccc7c(c6)C6(c8ccccc8Oc8ccccc86)c6cccc8c9ccccc9n-7c68)cc5c34)cc(-c3ccccc3)n2)cc1. The summed E-state index contributed by atoms with van der Waals surface area (Å²) in [5.74, 6) is 1.78. The third kappa shape index (κ3) is 4.94. The number of thiophene rings is 1. The van der Waals surface area contributed by atoms with E-state index < -0.39 is 5.41 Å². The van der Waals surface area contributed by atoms with Crippen molar-refractivity contribution in [2.24, 2.45) is 0 Å². The monoisotopic (exact) mass is 832 g/mol. The maximum atomic E-state index is 6.76. The standard InChI is InChI=1S/C60H36N2OS/c1-3-15-37(16-4-1)50-35-41(36-51(61-50)38-17-5-2-6-18-38)42-20-14-28-57-58(42)45-33-39(30-32-56(45)64-57)40-29-31-53-49(34-40)60(46-22-8-11-26-54(46)63-55-27-12-9-23-47(55)60)48-24-13-21-44-43-19-7-10-25-52(43)62(53)59(44)48/h1-36H. The first-order chi connectivity index (χ1) is 31.7. The van der Waals surface area contributed by atoms with Gasteiger partial charge in [0.2, 0.25) is 0 Å². The summed E-state index contributed by atoms with van der Waals surface area (Å²) in [4.78, 5) is 5.22. The molecule has 1 spiro atoms. The Bertz CT molecular complexity index is 3780. The summed E-state index contributed by atoms with van der Waals surface area (Å²) in [7, 11) is 0. The van der Waals surface area contributed by atoms with Crippen LogP contribution in [0.4, 0.5) is 0 Å². The Kier molecular flexibility index (Phi) is 7.48. The normalized spacial score (nSPS) is 13.2. The smallest absolute Gasteiger partial charge is 0.132 e. The van der Waals surface area contributed by atoms with E-state index in [-0.39, 0.29) is 0 Å². The second-order valence-corrected chi connectivity index (χ2v) is 18.1. The van der Waals surface area contributed by atoms with E-state index in [1.54, 1.807) is 0 Å². The van der Waals surface area contributed by atoms with Crippen molar-refractivity contribution in [1.82, 2.24) is 9.55 Å². The third-order valence-corrected chi connectivity index (χ3v) is 14.8. The minimum atomic E-state index is -0.638. The molecule has 0 saturated heterocycles. The molecule has 298 valence electrons. The summed E-state index contributed by atoms with van der Waals surface area (Å²) in [5.41, 5.74) is 16.7. The fourth-order valence-electron chi connectivity index (χ4n) is 10.9. The molecular weight excluding hydrogens is 797 g/mol. The van der Waals surface area contributed by atoms with E-state index in [9.17, 15) is 0 Å². The predicted octanol–water partition coefficient (Wildman–Crippen LogP) is 16.0. The fourth-order valence-corrected chi connectivity index (χ4v) is 12.1. The van der Waals surface area contributed by atoms with Crippen molar-refractivity contribution in [3.63, 3.8) is 0 Å². The van der Waals surface area contributed by atoms with E-state index in [1.807, 2.05) is 11.3 Å². The van der Waals surface area contributed by atoms with Crippen LogP contribution in [0.25, 0.3) is 92.4 Å². The summed E-state index contributed by atoms with van der Waals surface area (Å²) in [6.45, 7) is 0. The van der Waals surface area contributed by atoms with Crippen LogP contribution in [0.3, 0.4) is 0 Å². The summed E-state index contributed by atoms with van der Waals surface area (Å²) in [6.07, 6.45) is 0. The Morgan fingerprint density at radius 3 is 1.77 bits per heavy atom. The fraction of sp³-hybridized carbons (Fsp3) is 0.0167. The lowest BCUT2D eigenvalue weighted by Gasteiger charge is -2.45. The topological polar surface area (TPSA) is 27.1 Å². The van der Waals surface area contributed by atoms with E-state index in [2.05, 4.69) is 223 Å². The number of rotatable bonds is 4. The van der Waals surface area contributed by atoms with Crippen LogP contribution in [0, 0.1) is 0 Å². The Labute approximate surface area is 373 Å². The Hall–Kier alpha value is -8.05. The van der Waals surface area contributed by atoms with Crippen molar-refractivity contribution >= 4 is 53.3 Å². The minimum absolute atomic E-state index is 0.638. The molecule has 2 aliphatic rings. The van der Waals surface area contributed by atoms with Crippen molar-refractivity contribution in [1.29, 1.82) is 0 Å². The highest BCUT2D eigenvalue weighted by Crippen LogP contribution is 2.60. The van der Waals surface area contributed by atoms with Gasteiger partial charge in [0.05, 0.1) is 33.5 Å². The number of benzene rings is 9. The Morgan fingerprint density at radius 1 is 0.406 bits per heavy atom. The van der Waals surface area contributed by atoms with Crippen molar-refractivity contribution in [3.8, 4) is 62.0 Å². The van der Waals surface area contributed by atoms with Crippen LogP contribution in [-0.4, -0.2) is 9.55 Å². The van der Waals surface area contributed by atoms with Crippen molar-refractivity contribution < 1.29 is 4.74 Å². The second-order valence-electron chi connectivity index (χ2n) is 17.0. The quantitative estimate of drug-likeness (QED) is 0.177. The molecule has 64 heavy (non-hydrogen) atoms. The molecule has 0 amide bonds. The molecule has 12 aromatic rings. The number of para-hydroxylation sites is 4. The number of hydrogen-bond acceptors (Lipinski definition) is 3. The molecule has 0 saturated carbocycles. The molecule has 0 unspecified atom stereocenters. The predicted molar refractivity (Wildman–Crippen MR) is 265 cm³/mol. The number of hydrogen-bond donors (Lipinski definition) is 0. The lowest BCUT2D eigenvalue weighted by molar-refractivity contribution is 0.434. The van der Waals surface area contributed by atoms with Crippen molar-refractivity contribution in [2.45, 2.75) is 5.41 Å². The Balaban J connectivity index is 1.02. The molecule has 5 heterocycles. The zero-order valence-electron chi connectivity index (χ0n) is 34.5. The first-order valence-electron chi connectivity index (χ1n) is 21.9. The number of nitrogens with zero attached hydrogens (tertiary/aromatic N) is 2. The van der Waals surface area contributed by atoms with E-state index in [0.29, 0.717) is 0 Å². The second kappa shape index (κ2) is 13.5. The molecule has 0 fully saturated rings. The number of pyridine rings is 1. The van der Waals surface area contributed by atoms with Crippen LogP contribution >= 0.6 is 11.3 Å². The molecular formula is C60H36N2OS. The minimum Gasteiger partial charge on any atom is -0.457 e. The zero-order chi connectivity index (χ0) is 41.9. The van der Waals surface area contributed by atoms with Crippen LogP contribution in [0.15, 0.2) is 218 Å². The zero-order valence-corrected chi connectivity index (χ0v) is 35.3. The van der Waals surface area contributed by atoms with E-state index in [0.717, 1.165) is 50.7 Å². The van der Waals surface area contributed by atoms with Gasteiger partial charge in [-0.1, -0.05) is 158 Å². The van der Waals surface area contributed by atoms with Crippen molar-refractivity contribution in [2.75, 3.05) is 0 Å². The summed E-state index contributed by atoms with van der Waals surface area (Å²) >= 11 is 1.86. The first-order valence-corrected chi connectivity index (χ1v) is 22.7. The van der Waals surface area contributed by atoms with Gasteiger partial charge >= 0.3 is 0 Å². The van der Waals surface area contributed by atoms with Crippen LogP contribution < -0.4 is 4.74 Å².